The zero-order chi connectivity index (χ0) is 10.3. The highest BCUT2D eigenvalue weighted by atomic mass is 79.9. The van der Waals surface area contributed by atoms with Gasteiger partial charge in [-0.25, -0.2) is 0 Å². The summed E-state index contributed by atoms with van der Waals surface area (Å²) in [5.74, 6) is 0. The first kappa shape index (κ1) is 13.2. The average molecular weight is 263 g/mol. The molecule has 0 saturated heterocycles. The van der Waals surface area contributed by atoms with Gasteiger partial charge in [0.15, 0.2) is 0 Å². The Morgan fingerprint density at radius 1 is 1.31 bits per heavy atom. The molecule has 0 fully saturated rings. The van der Waals surface area contributed by atoms with Crippen molar-refractivity contribution in [3.63, 3.8) is 0 Å². The Balaban J connectivity index is 3.32. The van der Waals surface area contributed by atoms with Crippen LogP contribution < -0.4 is 0 Å². The minimum Gasteiger partial charge on any atom is -0.380 e. The largest absolute Gasteiger partial charge is 0.403 e. The lowest BCUT2D eigenvalue weighted by Gasteiger charge is -2.13. The lowest BCUT2D eigenvalue weighted by atomic mass is 10.3. The molecule has 0 aromatic rings. The van der Waals surface area contributed by atoms with Crippen molar-refractivity contribution in [3.8, 4) is 0 Å². The van der Waals surface area contributed by atoms with Gasteiger partial charge < -0.3 is 4.74 Å². The SMILES string of the molecule is CCCCCOCC(Br)C(F)(F)F. The van der Waals surface area contributed by atoms with Crippen molar-refractivity contribution in [1.29, 1.82) is 0 Å². The molecule has 1 nitrogen and oxygen atoms in total. The van der Waals surface area contributed by atoms with Gasteiger partial charge in [0.25, 0.3) is 0 Å². The van der Waals surface area contributed by atoms with E-state index in [0.717, 1.165) is 19.3 Å². The van der Waals surface area contributed by atoms with Crippen molar-refractivity contribution in [2.24, 2.45) is 0 Å². The van der Waals surface area contributed by atoms with E-state index < -0.39 is 11.0 Å². The summed E-state index contributed by atoms with van der Waals surface area (Å²) in [6.07, 6.45) is -1.34. The van der Waals surface area contributed by atoms with Gasteiger partial charge in [-0.15, -0.1) is 0 Å². The van der Waals surface area contributed by atoms with Crippen LogP contribution in [0.5, 0.6) is 0 Å². The van der Waals surface area contributed by atoms with Crippen LogP contribution in [-0.4, -0.2) is 24.2 Å². The average Bonchev–Trinajstić information content (AvgIpc) is 2.02. The number of ether oxygens (including phenoxy) is 1. The van der Waals surface area contributed by atoms with Gasteiger partial charge in [0.2, 0.25) is 0 Å². The Morgan fingerprint density at radius 3 is 2.38 bits per heavy atom. The maximum atomic E-state index is 11.9. The van der Waals surface area contributed by atoms with Crippen LogP contribution in [0.4, 0.5) is 13.2 Å². The molecule has 0 N–H and O–H groups in total. The summed E-state index contributed by atoms with van der Waals surface area (Å²) in [5, 5.41) is 0. The summed E-state index contributed by atoms with van der Waals surface area (Å²) in [4.78, 5) is -1.54. The van der Waals surface area contributed by atoms with Gasteiger partial charge in [-0.2, -0.15) is 13.2 Å². The van der Waals surface area contributed by atoms with Crippen LogP contribution in [0.3, 0.4) is 0 Å². The van der Waals surface area contributed by atoms with Gasteiger partial charge in [0.1, 0.15) is 4.83 Å². The molecular formula is C8H14BrF3O. The Labute approximate surface area is 84.8 Å². The molecule has 0 rings (SSSR count). The maximum Gasteiger partial charge on any atom is 0.403 e. The summed E-state index contributed by atoms with van der Waals surface area (Å²) in [6, 6.07) is 0. The summed E-state index contributed by atoms with van der Waals surface area (Å²) < 4.78 is 40.6. The Hall–Kier alpha value is 0.230. The van der Waals surface area contributed by atoms with Crippen LogP contribution >= 0.6 is 15.9 Å². The molecule has 0 saturated carbocycles. The molecule has 0 bridgehead atoms. The molecule has 0 aliphatic heterocycles. The van der Waals surface area contributed by atoms with Crippen LogP contribution in [0, 0.1) is 0 Å². The van der Waals surface area contributed by atoms with Gasteiger partial charge in [-0.05, 0) is 6.42 Å². The summed E-state index contributed by atoms with van der Waals surface area (Å²) >= 11 is 2.52. The van der Waals surface area contributed by atoms with Crippen LogP contribution in [0.25, 0.3) is 0 Å². The second-order valence-electron chi connectivity index (χ2n) is 2.79. The van der Waals surface area contributed by atoms with Crippen LogP contribution in [0.15, 0.2) is 0 Å². The molecule has 0 aromatic heterocycles. The van der Waals surface area contributed by atoms with Gasteiger partial charge in [-0.1, -0.05) is 35.7 Å². The highest BCUT2D eigenvalue weighted by Gasteiger charge is 2.37. The third kappa shape index (κ3) is 7.31. The fourth-order valence-electron chi connectivity index (χ4n) is 0.735. The first-order valence-corrected chi connectivity index (χ1v) is 5.18. The molecule has 0 amide bonds. The maximum absolute atomic E-state index is 11.9. The number of hydrogen-bond donors (Lipinski definition) is 0. The fourth-order valence-corrected chi connectivity index (χ4v) is 0.922. The van der Waals surface area contributed by atoms with E-state index in [-0.39, 0.29) is 6.61 Å². The van der Waals surface area contributed by atoms with Crippen LogP contribution in [-0.2, 0) is 4.74 Å². The lowest BCUT2D eigenvalue weighted by molar-refractivity contribution is -0.137. The van der Waals surface area contributed by atoms with E-state index in [2.05, 4.69) is 15.9 Å². The van der Waals surface area contributed by atoms with Gasteiger partial charge in [0, 0.05) is 6.61 Å². The van der Waals surface area contributed by atoms with Crippen molar-refractivity contribution in [3.05, 3.63) is 0 Å². The second-order valence-corrected chi connectivity index (χ2v) is 3.90. The first-order chi connectivity index (χ1) is 5.98. The van der Waals surface area contributed by atoms with Crippen LogP contribution in [0.1, 0.15) is 26.2 Å². The van der Waals surface area contributed by atoms with Crippen molar-refractivity contribution in [2.75, 3.05) is 13.2 Å². The third-order valence-corrected chi connectivity index (χ3v) is 2.30. The van der Waals surface area contributed by atoms with E-state index in [1.54, 1.807) is 0 Å². The number of hydrogen-bond acceptors (Lipinski definition) is 1. The Bertz CT molecular complexity index is 127. The quantitative estimate of drug-likeness (QED) is 0.526. The highest BCUT2D eigenvalue weighted by molar-refractivity contribution is 9.09. The molecule has 0 radical (unpaired) electrons. The van der Waals surface area contributed by atoms with E-state index in [0.29, 0.717) is 6.61 Å². The molecular weight excluding hydrogens is 249 g/mol. The number of alkyl halides is 4. The van der Waals surface area contributed by atoms with E-state index >= 15 is 0 Å². The molecule has 0 heterocycles. The normalized spacial score (nSPS) is 14.5. The predicted octanol–water partition coefficient (Wildman–Crippen LogP) is 3.52. The molecule has 5 heteroatoms. The smallest absolute Gasteiger partial charge is 0.380 e. The standard InChI is InChI=1S/C8H14BrF3O/c1-2-3-4-5-13-6-7(9)8(10,11)12/h7H,2-6H2,1H3. The fraction of sp³-hybridized carbons (Fsp3) is 1.00. The third-order valence-electron chi connectivity index (χ3n) is 1.51. The Kier molecular flexibility index (Phi) is 6.77. The van der Waals surface area contributed by atoms with E-state index in [4.69, 9.17) is 4.74 Å². The minimum atomic E-state index is -4.20. The van der Waals surface area contributed by atoms with Crippen molar-refractivity contribution < 1.29 is 17.9 Å². The number of unbranched alkanes of at least 4 members (excludes halogenated alkanes) is 2. The second kappa shape index (κ2) is 6.65. The molecule has 0 aliphatic carbocycles. The number of rotatable bonds is 6. The van der Waals surface area contributed by atoms with E-state index in [1.807, 2.05) is 6.92 Å². The Morgan fingerprint density at radius 2 is 1.92 bits per heavy atom. The monoisotopic (exact) mass is 262 g/mol. The molecule has 1 atom stereocenters. The molecule has 13 heavy (non-hydrogen) atoms. The summed E-state index contributed by atoms with van der Waals surface area (Å²) in [6.45, 7) is 2.14. The predicted molar refractivity (Wildman–Crippen MR) is 49.1 cm³/mol. The topological polar surface area (TPSA) is 9.23 Å². The lowest BCUT2D eigenvalue weighted by Crippen LogP contribution is -2.27. The molecule has 0 aliphatic rings. The van der Waals surface area contributed by atoms with E-state index in [1.165, 1.54) is 0 Å². The highest BCUT2D eigenvalue weighted by Crippen LogP contribution is 2.26. The van der Waals surface area contributed by atoms with Gasteiger partial charge >= 0.3 is 6.18 Å². The van der Waals surface area contributed by atoms with Crippen molar-refractivity contribution in [1.82, 2.24) is 0 Å². The van der Waals surface area contributed by atoms with Crippen LogP contribution in [0.2, 0.25) is 0 Å². The number of halogens is 4. The zero-order valence-corrected chi connectivity index (χ0v) is 9.12. The van der Waals surface area contributed by atoms with Gasteiger partial charge in [-0.3, -0.25) is 0 Å². The van der Waals surface area contributed by atoms with Gasteiger partial charge in [0.05, 0.1) is 6.61 Å². The molecule has 0 aromatic carbocycles. The summed E-state index contributed by atoms with van der Waals surface area (Å²) in [5.41, 5.74) is 0. The first-order valence-electron chi connectivity index (χ1n) is 4.27. The summed E-state index contributed by atoms with van der Waals surface area (Å²) in [7, 11) is 0. The molecule has 80 valence electrons. The van der Waals surface area contributed by atoms with Crippen molar-refractivity contribution in [2.45, 2.75) is 37.2 Å². The minimum absolute atomic E-state index is 0.298. The molecule has 1 unspecified atom stereocenters. The van der Waals surface area contributed by atoms with E-state index in [9.17, 15) is 13.2 Å². The van der Waals surface area contributed by atoms with Crippen molar-refractivity contribution >= 4 is 15.9 Å². The zero-order valence-electron chi connectivity index (χ0n) is 7.53. The molecule has 0 spiro atoms.